The topological polar surface area (TPSA) is 67.8 Å². The summed E-state index contributed by atoms with van der Waals surface area (Å²) in [6, 6.07) is 8.00. The van der Waals surface area contributed by atoms with E-state index >= 15 is 0 Å². The molecule has 1 fully saturated rings. The summed E-state index contributed by atoms with van der Waals surface area (Å²) < 4.78 is 10.9. The zero-order valence-electron chi connectivity index (χ0n) is 19.1. The van der Waals surface area contributed by atoms with Crippen LogP contribution in [-0.2, 0) is 28.9 Å². The molecule has 7 nitrogen and oxygen atoms in total. The Hall–Kier alpha value is -2.38. The van der Waals surface area contributed by atoms with E-state index in [1.165, 1.54) is 0 Å². The van der Waals surface area contributed by atoms with Gasteiger partial charge in [-0.3, -0.25) is 4.79 Å². The first-order valence-corrected chi connectivity index (χ1v) is 11.6. The van der Waals surface area contributed by atoms with E-state index in [0.717, 1.165) is 47.3 Å². The Morgan fingerprint density at radius 2 is 2.00 bits per heavy atom. The first kappa shape index (κ1) is 22.8. The summed E-state index contributed by atoms with van der Waals surface area (Å²) in [4.78, 5) is 27.2. The number of benzene rings is 1. The summed E-state index contributed by atoms with van der Waals surface area (Å²) in [5.41, 5.74) is 2.60. The number of hydrogen-bond donors (Lipinski definition) is 0. The second-order valence-electron chi connectivity index (χ2n) is 9.01. The molecule has 4 rings (SSSR count). The van der Waals surface area contributed by atoms with Crippen LogP contribution in [0.4, 0.5) is 5.82 Å². The lowest BCUT2D eigenvalue weighted by Crippen LogP contribution is -2.46. The molecular weight excluding hydrogens is 428 g/mol. The quantitative estimate of drug-likeness (QED) is 0.620. The van der Waals surface area contributed by atoms with E-state index in [1.54, 1.807) is 7.11 Å². The fraction of sp³-hybridized carbons (Fsp3) is 0.542. The predicted octanol–water partition coefficient (Wildman–Crippen LogP) is 3.06. The molecule has 1 amide bonds. The molecule has 2 aliphatic heterocycles. The van der Waals surface area contributed by atoms with E-state index in [0.29, 0.717) is 45.0 Å². The monoisotopic (exact) mass is 458 g/mol. The van der Waals surface area contributed by atoms with Crippen LogP contribution in [0.2, 0.25) is 0 Å². The number of aromatic nitrogens is 2. The molecule has 0 atom stereocenters. The second kappa shape index (κ2) is 9.63. The van der Waals surface area contributed by atoms with E-state index in [4.69, 9.17) is 31.0 Å². The summed E-state index contributed by atoms with van der Waals surface area (Å²) in [6.07, 6.45) is 1.34. The van der Waals surface area contributed by atoms with E-state index in [1.807, 2.05) is 36.9 Å². The van der Waals surface area contributed by atoms with Gasteiger partial charge in [0.25, 0.3) is 0 Å². The van der Waals surface area contributed by atoms with Crippen molar-refractivity contribution < 1.29 is 14.3 Å². The van der Waals surface area contributed by atoms with Crippen molar-refractivity contribution >= 4 is 23.3 Å². The zero-order chi connectivity index (χ0) is 22.7. The average molecular weight is 459 g/mol. The largest absolute Gasteiger partial charge is 0.497 e. The Morgan fingerprint density at radius 1 is 1.22 bits per heavy atom. The average Bonchev–Trinajstić information content (AvgIpc) is 2.83. The van der Waals surface area contributed by atoms with Crippen molar-refractivity contribution in [1.82, 2.24) is 14.9 Å². The van der Waals surface area contributed by atoms with E-state index < -0.39 is 5.41 Å². The minimum Gasteiger partial charge on any atom is -0.497 e. The van der Waals surface area contributed by atoms with Crippen molar-refractivity contribution in [3.8, 4) is 5.75 Å². The summed E-state index contributed by atoms with van der Waals surface area (Å²) in [5.74, 6) is 2.91. The van der Waals surface area contributed by atoms with Gasteiger partial charge < -0.3 is 19.3 Å². The molecule has 1 aromatic heterocycles. The minimum atomic E-state index is -0.592. The fourth-order valence-electron chi connectivity index (χ4n) is 4.19. The van der Waals surface area contributed by atoms with Gasteiger partial charge in [0.05, 0.1) is 38.0 Å². The Balaban J connectivity index is 1.67. The Labute approximate surface area is 194 Å². The van der Waals surface area contributed by atoms with Crippen LogP contribution in [0.15, 0.2) is 24.3 Å². The molecule has 0 unspecified atom stereocenters. The minimum absolute atomic E-state index is 0.0755. The zero-order valence-corrected chi connectivity index (χ0v) is 19.8. The highest BCUT2D eigenvalue weighted by Crippen LogP contribution is 2.31. The molecule has 3 heterocycles. The van der Waals surface area contributed by atoms with Crippen molar-refractivity contribution in [2.75, 3.05) is 50.7 Å². The third kappa shape index (κ3) is 4.84. The molecule has 0 bridgehead atoms. The SMILES string of the molecule is COc1cccc(Cc2nc3c(c(N4CCOCC4)n2)CN(C(=O)C(C)(C)CCl)CC3)c1. The predicted molar refractivity (Wildman–Crippen MR) is 124 cm³/mol. The fourth-order valence-corrected chi connectivity index (χ4v) is 4.30. The van der Waals surface area contributed by atoms with Crippen LogP contribution in [0.1, 0.15) is 36.5 Å². The van der Waals surface area contributed by atoms with Gasteiger partial charge in [-0.2, -0.15) is 0 Å². The lowest BCUT2D eigenvalue weighted by atomic mass is 9.92. The van der Waals surface area contributed by atoms with Gasteiger partial charge in [0, 0.05) is 43.9 Å². The van der Waals surface area contributed by atoms with Crippen LogP contribution in [0.5, 0.6) is 5.75 Å². The van der Waals surface area contributed by atoms with Gasteiger partial charge in [0.15, 0.2) is 0 Å². The molecule has 1 saturated heterocycles. The van der Waals surface area contributed by atoms with Crippen LogP contribution in [-0.4, -0.2) is 66.6 Å². The Kier molecular flexibility index (Phi) is 6.86. The highest BCUT2D eigenvalue weighted by Gasteiger charge is 2.35. The number of carbonyl (C=O) groups excluding carboxylic acids is 1. The molecule has 172 valence electrons. The maximum absolute atomic E-state index is 13.1. The van der Waals surface area contributed by atoms with Crippen LogP contribution in [0, 0.1) is 5.41 Å². The van der Waals surface area contributed by atoms with Crippen LogP contribution in [0.3, 0.4) is 0 Å². The highest BCUT2D eigenvalue weighted by atomic mass is 35.5. The van der Waals surface area contributed by atoms with Crippen molar-refractivity contribution in [1.29, 1.82) is 0 Å². The maximum Gasteiger partial charge on any atom is 0.229 e. The van der Waals surface area contributed by atoms with Gasteiger partial charge in [-0.1, -0.05) is 12.1 Å². The number of nitrogens with zero attached hydrogens (tertiary/aromatic N) is 4. The van der Waals surface area contributed by atoms with Crippen molar-refractivity contribution in [2.24, 2.45) is 5.41 Å². The third-order valence-corrected chi connectivity index (χ3v) is 6.76. The van der Waals surface area contributed by atoms with E-state index in [9.17, 15) is 4.79 Å². The summed E-state index contributed by atoms with van der Waals surface area (Å²) in [7, 11) is 1.67. The molecule has 0 spiro atoms. The van der Waals surface area contributed by atoms with Crippen LogP contribution < -0.4 is 9.64 Å². The number of amides is 1. The molecule has 0 N–H and O–H groups in total. The standard InChI is InChI=1S/C24H31ClN4O3/c1-24(2,16-25)23(30)29-8-7-20-19(15-29)22(28-9-11-32-12-10-28)27-21(26-20)14-17-5-4-6-18(13-17)31-3/h4-6,13H,7-12,14-16H2,1-3H3. The number of alkyl halides is 1. The lowest BCUT2D eigenvalue weighted by Gasteiger charge is -2.37. The lowest BCUT2D eigenvalue weighted by molar-refractivity contribution is -0.140. The second-order valence-corrected chi connectivity index (χ2v) is 9.28. The highest BCUT2D eigenvalue weighted by molar-refractivity contribution is 6.19. The summed E-state index contributed by atoms with van der Waals surface area (Å²) >= 11 is 6.08. The van der Waals surface area contributed by atoms with Crippen LogP contribution >= 0.6 is 11.6 Å². The maximum atomic E-state index is 13.1. The molecule has 0 aliphatic carbocycles. The number of fused-ring (bicyclic) bond motifs is 1. The van der Waals surface area contributed by atoms with Gasteiger partial charge >= 0.3 is 0 Å². The number of anilines is 1. The third-order valence-electron chi connectivity index (χ3n) is 6.09. The molecule has 1 aromatic carbocycles. The summed E-state index contributed by atoms with van der Waals surface area (Å²) in [6.45, 7) is 7.86. The van der Waals surface area contributed by atoms with Gasteiger partial charge in [-0.25, -0.2) is 9.97 Å². The summed E-state index contributed by atoms with van der Waals surface area (Å²) in [5, 5.41) is 0. The van der Waals surface area contributed by atoms with Gasteiger partial charge in [-0.15, -0.1) is 11.6 Å². The Bertz CT molecular complexity index is 976. The van der Waals surface area contributed by atoms with Gasteiger partial charge in [0.2, 0.25) is 5.91 Å². The number of halogens is 1. The smallest absolute Gasteiger partial charge is 0.229 e. The number of ether oxygens (including phenoxy) is 2. The first-order valence-electron chi connectivity index (χ1n) is 11.1. The molecule has 8 heteroatoms. The number of rotatable bonds is 6. The molecule has 0 radical (unpaired) electrons. The molecule has 0 saturated carbocycles. The van der Waals surface area contributed by atoms with Crippen molar-refractivity contribution in [2.45, 2.75) is 33.2 Å². The number of morpholine rings is 1. The Morgan fingerprint density at radius 3 is 2.72 bits per heavy atom. The first-order chi connectivity index (χ1) is 15.4. The molecule has 32 heavy (non-hydrogen) atoms. The van der Waals surface area contributed by atoms with Gasteiger partial charge in [0.1, 0.15) is 17.4 Å². The van der Waals surface area contributed by atoms with Crippen LogP contribution in [0.25, 0.3) is 0 Å². The number of methoxy groups -OCH3 is 1. The number of carbonyl (C=O) groups is 1. The van der Waals surface area contributed by atoms with Gasteiger partial charge in [-0.05, 0) is 31.5 Å². The molecule has 2 aromatic rings. The van der Waals surface area contributed by atoms with E-state index in [-0.39, 0.29) is 5.91 Å². The number of hydrogen-bond acceptors (Lipinski definition) is 6. The van der Waals surface area contributed by atoms with Crippen molar-refractivity contribution in [3.05, 3.63) is 46.9 Å². The normalized spacial score (nSPS) is 16.6. The molecule has 2 aliphatic rings. The van der Waals surface area contributed by atoms with Crippen molar-refractivity contribution in [3.63, 3.8) is 0 Å². The van der Waals surface area contributed by atoms with E-state index in [2.05, 4.69) is 11.0 Å². The molecular formula is C24H31ClN4O3.